The van der Waals surface area contributed by atoms with Gasteiger partial charge in [0.25, 0.3) is 0 Å². The summed E-state index contributed by atoms with van der Waals surface area (Å²) in [6, 6.07) is 11.7. The van der Waals surface area contributed by atoms with Gasteiger partial charge in [-0.15, -0.1) is 0 Å². The minimum absolute atomic E-state index is 0.328. The molecular formula is C15H15ClFNO. The lowest BCUT2D eigenvalue weighted by molar-refractivity contribution is 0.304. The molecule has 0 amide bonds. The molecule has 0 spiro atoms. The average molecular weight is 280 g/mol. The molecule has 2 aromatic rings. The zero-order valence-electron chi connectivity index (χ0n) is 10.6. The van der Waals surface area contributed by atoms with Gasteiger partial charge in [0.05, 0.1) is 0 Å². The molecule has 0 aliphatic rings. The van der Waals surface area contributed by atoms with Crippen LogP contribution in [0.4, 0.5) is 4.39 Å². The monoisotopic (exact) mass is 279 g/mol. The van der Waals surface area contributed by atoms with Crippen molar-refractivity contribution in [1.29, 1.82) is 0 Å². The molecule has 1 unspecified atom stereocenters. The zero-order valence-corrected chi connectivity index (χ0v) is 11.3. The minimum Gasteiger partial charge on any atom is -0.489 e. The fourth-order valence-corrected chi connectivity index (χ4v) is 1.84. The van der Waals surface area contributed by atoms with Crippen LogP contribution in [-0.2, 0) is 6.61 Å². The van der Waals surface area contributed by atoms with Gasteiger partial charge in [-0.2, -0.15) is 0 Å². The van der Waals surface area contributed by atoms with E-state index in [9.17, 15) is 4.39 Å². The van der Waals surface area contributed by atoms with Gasteiger partial charge in [0.15, 0.2) is 0 Å². The molecule has 4 heteroatoms. The molecule has 0 aliphatic carbocycles. The number of nitrogens with two attached hydrogens (primary N) is 1. The minimum atomic E-state index is -0.344. The molecule has 0 saturated carbocycles. The van der Waals surface area contributed by atoms with Gasteiger partial charge < -0.3 is 10.5 Å². The van der Waals surface area contributed by atoms with Crippen molar-refractivity contribution < 1.29 is 9.13 Å². The summed E-state index contributed by atoms with van der Waals surface area (Å²) in [5, 5.41) is 0.677. The third-order valence-corrected chi connectivity index (χ3v) is 3.03. The third kappa shape index (κ3) is 3.69. The summed E-state index contributed by atoms with van der Waals surface area (Å²) in [5.74, 6) is 0.139. The van der Waals surface area contributed by atoms with Crippen molar-refractivity contribution in [3.05, 3.63) is 64.4 Å². The number of hydrogen-bond donors (Lipinski definition) is 1. The third-order valence-electron chi connectivity index (χ3n) is 2.78. The second kappa shape index (κ2) is 6.04. The lowest BCUT2D eigenvalue weighted by Gasteiger charge is -2.10. The number of hydrogen-bond acceptors (Lipinski definition) is 2. The van der Waals surface area contributed by atoms with Crippen molar-refractivity contribution in [3.8, 4) is 5.75 Å². The Kier molecular flexibility index (Phi) is 4.40. The molecule has 100 valence electrons. The molecule has 0 aliphatic heterocycles. The molecule has 0 fully saturated rings. The molecule has 2 aromatic carbocycles. The maximum Gasteiger partial charge on any atom is 0.131 e. The van der Waals surface area contributed by atoms with Crippen LogP contribution < -0.4 is 10.5 Å². The summed E-state index contributed by atoms with van der Waals surface area (Å²) in [4.78, 5) is 0. The molecular weight excluding hydrogens is 265 g/mol. The highest BCUT2D eigenvalue weighted by Gasteiger charge is 2.08. The maximum absolute atomic E-state index is 13.7. The van der Waals surface area contributed by atoms with E-state index < -0.39 is 0 Å². The van der Waals surface area contributed by atoms with Gasteiger partial charge >= 0.3 is 0 Å². The Morgan fingerprint density at radius 3 is 2.47 bits per heavy atom. The van der Waals surface area contributed by atoms with E-state index in [1.54, 1.807) is 31.2 Å². The first-order chi connectivity index (χ1) is 9.06. The molecule has 19 heavy (non-hydrogen) atoms. The Morgan fingerprint density at radius 1 is 1.21 bits per heavy atom. The van der Waals surface area contributed by atoms with Crippen molar-refractivity contribution in [3.63, 3.8) is 0 Å². The smallest absolute Gasteiger partial charge is 0.131 e. The van der Waals surface area contributed by atoms with Crippen molar-refractivity contribution >= 4 is 11.6 Å². The largest absolute Gasteiger partial charge is 0.489 e. The van der Waals surface area contributed by atoms with Gasteiger partial charge in [0, 0.05) is 22.7 Å². The lowest BCUT2D eigenvalue weighted by atomic mass is 10.1. The standard InChI is InChI=1S/C15H15ClFNO/c1-10(18)14-7-6-13(8-15(14)17)19-9-11-2-4-12(16)5-3-11/h2-8,10H,9,18H2,1H3. The van der Waals surface area contributed by atoms with Crippen molar-refractivity contribution in [2.24, 2.45) is 5.73 Å². The topological polar surface area (TPSA) is 35.2 Å². The van der Waals surface area contributed by atoms with Gasteiger partial charge in [-0.05, 0) is 30.7 Å². The Hall–Kier alpha value is -1.58. The fraction of sp³-hybridized carbons (Fsp3) is 0.200. The van der Waals surface area contributed by atoms with Gasteiger partial charge in [0.1, 0.15) is 18.2 Å². The normalized spacial score (nSPS) is 12.2. The molecule has 0 bridgehead atoms. The van der Waals surface area contributed by atoms with Gasteiger partial charge in [-0.3, -0.25) is 0 Å². The molecule has 0 aromatic heterocycles. The quantitative estimate of drug-likeness (QED) is 0.915. The van der Waals surface area contributed by atoms with E-state index >= 15 is 0 Å². The van der Waals surface area contributed by atoms with Gasteiger partial charge in [-0.25, -0.2) is 4.39 Å². The van der Waals surface area contributed by atoms with E-state index in [0.29, 0.717) is 22.9 Å². The average Bonchev–Trinajstić information content (AvgIpc) is 2.37. The number of rotatable bonds is 4. The molecule has 0 radical (unpaired) electrons. The van der Waals surface area contributed by atoms with Crippen molar-refractivity contribution in [2.75, 3.05) is 0 Å². The summed E-state index contributed by atoms with van der Waals surface area (Å²) in [7, 11) is 0. The zero-order chi connectivity index (χ0) is 13.8. The Morgan fingerprint density at radius 2 is 1.89 bits per heavy atom. The molecule has 2 nitrogen and oxygen atoms in total. The predicted octanol–water partition coefficient (Wildman–Crippen LogP) is 4.08. The Balaban J connectivity index is 2.04. The molecule has 2 N–H and O–H groups in total. The summed E-state index contributed by atoms with van der Waals surface area (Å²) in [6.45, 7) is 2.11. The van der Waals surface area contributed by atoms with Crippen LogP contribution in [0, 0.1) is 5.82 Å². The van der Waals surface area contributed by atoms with Crippen molar-refractivity contribution in [1.82, 2.24) is 0 Å². The molecule has 0 heterocycles. The van der Waals surface area contributed by atoms with Crippen LogP contribution in [0.3, 0.4) is 0 Å². The van der Waals surface area contributed by atoms with Crippen LogP contribution in [-0.4, -0.2) is 0 Å². The van der Waals surface area contributed by atoms with Crippen LogP contribution in [0.15, 0.2) is 42.5 Å². The highest BCUT2D eigenvalue weighted by molar-refractivity contribution is 6.30. The number of ether oxygens (including phenoxy) is 1. The van der Waals surface area contributed by atoms with Gasteiger partial charge in [-0.1, -0.05) is 29.8 Å². The molecule has 2 rings (SSSR count). The lowest BCUT2D eigenvalue weighted by Crippen LogP contribution is -2.07. The highest BCUT2D eigenvalue weighted by atomic mass is 35.5. The first-order valence-corrected chi connectivity index (χ1v) is 6.36. The van der Waals surface area contributed by atoms with E-state index in [1.165, 1.54) is 6.07 Å². The molecule has 0 saturated heterocycles. The fourth-order valence-electron chi connectivity index (χ4n) is 1.71. The van der Waals surface area contributed by atoms with Crippen molar-refractivity contribution in [2.45, 2.75) is 19.6 Å². The summed E-state index contributed by atoms with van der Waals surface area (Å²) >= 11 is 5.79. The van der Waals surface area contributed by atoms with Crippen LogP contribution in [0.2, 0.25) is 5.02 Å². The SMILES string of the molecule is CC(N)c1ccc(OCc2ccc(Cl)cc2)cc1F. The maximum atomic E-state index is 13.7. The van der Waals surface area contributed by atoms with Crippen LogP contribution >= 0.6 is 11.6 Å². The van der Waals surface area contributed by atoms with E-state index in [4.69, 9.17) is 22.1 Å². The summed E-state index contributed by atoms with van der Waals surface area (Å²) in [5.41, 5.74) is 7.11. The first-order valence-electron chi connectivity index (χ1n) is 5.98. The van der Waals surface area contributed by atoms with Crippen LogP contribution in [0.5, 0.6) is 5.75 Å². The molecule has 1 atom stereocenters. The van der Waals surface area contributed by atoms with Gasteiger partial charge in [0.2, 0.25) is 0 Å². The Labute approximate surface area is 117 Å². The van der Waals surface area contributed by atoms with E-state index in [2.05, 4.69) is 0 Å². The second-order valence-electron chi connectivity index (χ2n) is 4.39. The summed E-state index contributed by atoms with van der Waals surface area (Å²) in [6.07, 6.45) is 0. The van der Waals surface area contributed by atoms with E-state index in [-0.39, 0.29) is 11.9 Å². The number of halogens is 2. The van der Waals surface area contributed by atoms with Crippen LogP contribution in [0.1, 0.15) is 24.1 Å². The second-order valence-corrected chi connectivity index (χ2v) is 4.82. The van der Waals surface area contributed by atoms with E-state index in [0.717, 1.165) is 5.56 Å². The Bertz CT molecular complexity index is 555. The number of benzene rings is 2. The highest BCUT2D eigenvalue weighted by Crippen LogP contribution is 2.21. The van der Waals surface area contributed by atoms with E-state index in [1.807, 2.05) is 12.1 Å². The van der Waals surface area contributed by atoms with Crippen LogP contribution in [0.25, 0.3) is 0 Å². The predicted molar refractivity (Wildman–Crippen MR) is 74.8 cm³/mol. The summed E-state index contributed by atoms with van der Waals surface area (Å²) < 4.78 is 19.2. The first kappa shape index (κ1) is 13.8.